The summed E-state index contributed by atoms with van der Waals surface area (Å²) in [5.41, 5.74) is 1.13. The number of benzene rings is 1. The molecule has 0 unspecified atom stereocenters. The second kappa shape index (κ2) is 7.37. The molecule has 0 aliphatic carbocycles. The van der Waals surface area contributed by atoms with Crippen molar-refractivity contribution in [3.8, 4) is 5.75 Å². The summed E-state index contributed by atoms with van der Waals surface area (Å²) in [4.78, 5) is 27.6. The first-order chi connectivity index (χ1) is 11.7. The van der Waals surface area contributed by atoms with Gasteiger partial charge in [-0.1, -0.05) is 0 Å². The quantitative estimate of drug-likeness (QED) is 0.833. The fourth-order valence-electron chi connectivity index (χ4n) is 2.04. The van der Waals surface area contributed by atoms with E-state index >= 15 is 0 Å². The zero-order valence-corrected chi connectivity index (χ0v) is 13.4. The summed E-state index contributed by atoms with van der Waals surface area (Å²) >= 11 is 0. The van der Waals surface area contributed by atoms with Crippen LogP contribution in [0.2, 0.25) is 0 Å². The normalized spacial score (nSPS) is 11.2. The van der Waals surface area contributed by atoms with Crippen molar-refractivity contribution in [2.75, 3.05) is 20.3 Å². The van der Waals surface area contributed by atoms with Crippen molar-refractivity contribution in [3.63, 3.8) is 0 Å². The number of hydrogen-bond donors (Lipinski definition) is 1. The number of fused-ring (bicyclic) bond motifs is 1. The molecule has 0 aliphatic heterocycles. The molecule has 0 saturated carbocycles. The lowest BCUT2D eigenvalue weighted by molar-refractivity contribution is -0.140. The molecule has 25 heavy (non-hydrogen) atoms. The Labute approximate surface area is 140 Å². The van der Waals surface area contributed by atoms with Gasteiger partial charge in [0.1, 0.15) is 12.3 Å². The van der Waals surface area contributed by atoms with Crippen molar-refractivity contribution in [2.24, 2.45) is 0 Å². The van der Waals surface area contributed by atoms with E-state index in [1.807, 2.05) is 0 Å². The summed E-state index contributed by atoms with van der Waals surface area (Å²) in [5, 5.41) is 2.24. The smallest absolute Gasteiger partial charge is 0.405 e. The van der Waals surface area contributed by atoms with Gasteiger partial charge >= 0.3 is 12.1 Å². The van der Waals surface area contributed by atoms with Gasteiger partial charge in [-0.15, -0.1) is 0 Å². The van der Waals surface area contributed by atoms with Crippen molar-refractivity contribution in [2.45, 2.75) is 13.1 Å². The van der Waals surface area contributed by atoms with E-state index in [4.69, 9.17) is 9.47 Å². The fraction of sp³-hybridized carbons (Fsp3) is 0.312. The molecule has 0 aliphatic rings. The molecule has 1 N–H and O–H groups in total. The zero-order chi connectivity index (χ0) is 18.6. The number of aromatic nitrogens is 1. The highest BCUT2D eigenvalue weighted by atomic mass is 19.4. The minimum atomic E-state index is -4.53. The molecule has 1 amide bonds. The molecular formula is C16H15F3N2O4. The van der Waals surface area contributed by atoms with Crippen molar-refractivity contribution >= 4 is 22.8 Å². The lowest BCUT2D eigenvalue weighted by Crippen LogP contribution is -2.36. The standard InChI is InChI=1S/C16H15F3N2O4/c1-9-12(6-10-5-11(24-2)3-4-13(10)21-9)15(23)25-7-14(22)20-8-16(17,18)19/h3-6H,7-8H2,1-2H3,(H,20,22). The van der Waals surface area contributed by atoms with Crippen molar-refractivity contribution in [1.82, 2.24) is 10.3 Å². The number of amides is 1. The van der Waals surface area contributed by atoms with E-state index < -0.39 is 31.2 Å². The molecule has 1 heterocycles. The Bertz CT molecular complexity index is 806. The van der Waals surface area contributed by atoms with Crippen LogP contribution in [0.25, 0.3) is 10.9 Å². The predicted octanol–water partition coefficient (Wildman–Crippen LogP) is 2.39. The number of carbonyl (C=O) groups excluding carboxylic acids is 2. The van der Waals surface area contributed by atoms with Gasteiger partial charge in [0.2, 0.25) is 0 Å². The summed E-state index contributed by atoms with van der Waals surface area (Å²) in [6, 6.07) is 6.64. The molecular weight excluding hydrogens is 341 g/mol. The lowest BCUT2D eigenvalue weighted by atomic mass is 10.1. The number of carbonyl (C=O) groups is 2. The molecule has 0 fully saturated rings. The van der Waals surface area contributed by atoms with Crippen LogP contribution in [0.3, 0.4) is 0 Å². The van der Waals surface area contributed by atoms with Crippen LogP contribution >= 0.6 is 0 Å². The maximum absolute atomic E-state index is 12.1. The number of esters is 1. The fourth-order valence-corrected chi connectivity index (χ4v) is 2.04. The summed E-state index contributed by atoms with van der Waals surface area (Å²) in [6.45, 7) is -0.714. The minimum Gasteiger partial charge on any atom is -0.497 e. The third-order valence-electron chi connectivity index (χ3n) is 3.25. The average Bonchev–Trinajstić information content (AvgIpc) is 2.56. The number of pyridine rings is 1. The summed E-state index contributed by atoms with van der Waals surface area (Å²) < 4.78 is 45.9. The molecule has 2 rings (SSSR count). The number of rotatable bonds is 5. The summed E-state index contributed by atoms with van der Waals surface area (Å²) in [6.07, 6.45) is -4.53. The van der Waals surface area contributed by atoms with E-state index in [-0.39, 0.29) is 5.56 Å². The number of hydrogen-bond acceptors (Lipinski definition) is 5. The number of alkyl halides is 3. The van der Waals surface area contributed by atoms with E-state index in [2.05, 4.69) is 4.98 Å². The van der Waals surface area contributed by atoms with Gasteiger partial charge in [-0.2, -0.15) is 13.2 Å². The third-order valence-corrected chi connectivity index (χ3v) is 3.25. The summed E-state index contributed by atoms with van der Waals surface area (Å²) in [5.74, 6) is -1.32. The SMILES string of the molecule is COc1ccc2nc(C)c(C(=O)OCC(=O)NCC(F)(F)F)cc2c1. The van der Waals surface area contributed by atoms with Crippen LogP contribution < -0.4 is 10.1 Å². The number of nitrogens with zero attached hydrogens (tertiary/aromatic N) is 1. The maximum atomic E-state index is 12.1. The topological polar surface area (TPSA) is 77.5 Å². The van der Waals surface area contributed by atoms with Gasteiger partial charge in [-0.3, -0.25) is 9.78 Å². The van der Waals surface area contributed by atoms with Crippen LogP contribution in [0, 0.1) is 6.92 Å². The maximum Gasteiger partial charge on any atom is 0.405 e. The second-order valence-electron chi connectivity index (χ2n) is 5.15. The zero-order valence-electron chi connectivity index (χ0n) is 13.4. The Hall–Kier alpha value is -2.84. The molecule has 6 nitrogen and oxygen atoms in total. The van der Waals surface area contributed by atoms with Crippen LogP contribution in [-0.4, -0.2) is 43.3 Å². The third kappa shape index (κ3) is 5.07. The monoisotopic (exact) mass is 356 g/mol. The van der Waals surface area contributed by atoms with E-state index in [1.54, 1.807) is 30.4 Å². The van der Waals surface area contributed by atoms with Crippen molar-refractivity contribution < 1.29 is 32.2 Å². The Morgan fingerprint density at radius 3 is 2.60 bits per heavy atom. The average molecular weight is 356 g/mol. The molecule has 0 bridgehead atoms. The summed E-state index contributed by atoms with van der Waals surface area (Å²) in [7, 11) is 1.50. The molecule has 0 atom stereocenters. The van der Waals surface area contributed by atoms with Crippen LogP contribution in [0.1, 0.15) is 16.1 Å². The molecule has 1 aromatic heterocycles. The van der Waals surface area contributed by atoms with Gasteiger partial charge in [0.15, 0.2) is 6.61 Å². The van der Waals surface area contributed by atoms with Crippen LogP contribution in [0.15, 0.2) is 24.3 Å². The van der Waals surface area contributed by atoms with Gasteiger partial charge < -0.3 is 14.8 Å². The Morgan fingerprint density at radius 2 is 1.96 bits per heavy atom. The van der Waals surface area contributed by atoms with E-state index in [9.17, 15) is 22.8 Å². The van der Waals surface area contributed by atoms with Crippen molar-refractivity contribution in [1.29, 1.82) is 0 Å². The first-order valence-electron chi connectivity index (χ1n) is 7.15. The highest BCUT2D eigenvalue weighted by Crippen LogP contribution is 2.22. The highest BCUT2D eigenvalue weighted by Gasteiger charge is 2.27. The Kier molecular flexibility index (Phi) is 5.45. The largest absolute Gasteiger partial charge is 0.497 e. The van der Waals surface area contributed by atoms with Crippen LogP contribution in [0.4, 0.5) is 13.2 Å². The minimum absolute atomic E-state index is 0.115. The molecule has 9 heteroatoms. The Morgan fingerprint density at radius 1 is 1.24 bits per heavy atom. The molecule has 0 radical (unpaired) electrons. The van der Waals surface area contributed by atoms with Crippen molar-refractivity contribution in [3.05, 3.63) is 35.5 Å². The van der Waals surface area contributed by atoms with E-state index in [1.165, 1.54) is 13.2 Å². The molecule has 1 aromatic carbocycles. The number of aryl methyl sites for hydroxylation is 1. The number of ether oxygens (including phenoxy) is 2. The van der Waals surface area contributed by atoms with Crippen LogP contribution in [-0.2, 0) is 9.53 Å². The molecule has 0 saturated heterocycles. The number of nitrogens with one attached hydrogen (secondary N) is 1. The number of halogens is 3. The first-order valence-corrected chi connectivity index (χ1v) is 7.15. The van der Waals surface area contributed by atoms with Gasteiger partial charge in [0, 0.05) is 5.39 Å². The molecule has 0 spiro atoms. The lowest BCUT2D eigenvalue weighted by Gasteiger charge is -2.10. The second-order valence-corrected chi connectivity index (χ2v) is 5.15. The molecule has 2 aromatic rings. The highest BCUT2D eigenvalue weighted by molar-refractivity contribution is 5.96. The van der Waals surface area contributed by atoms with Gasteiger partial charge in [0.25, 0.3) is 5.91 Å². The van der Waals surface area contributed by atoms with Crippen LogP contribution in [0.5, 0.6) is 5.75 Å². The van der Waals surface area contributed by atoms with Gasteiger partial charge in [-0.05, 0) is 31.2 Å². The Balaban J connectivity index is 2.08. The van der Waals surface area contributed by atoms with E-state index in [0.29, 0.717) is 22.3 Å². The molecule has 134 valence electrons. The predicted molar refractivity (Wildman–Crippen MR) is 82.4 cm³/mol. The first kappa shape index (κ1) is 18.5. The number of methoxy groups -OCH3 is 1. The van der Waals surface area contributed by atoms with Gasteiger partial charge in [0.05, 0.1) is 23.9 Å². The van der Waals surface area contributed by atoms with Gasteiger partial charge in [-0.25, -0.2) is 4.79 Å². The van der Waals surface area contributed by atoms with E-state index in [0.717, 1.165) is 0 Å².